The molecule has 0 saturated carbocycles. The molecule has 0 heterocycles. The van der Waals surface area contributed by atoms with Crippen LogP contribution in [0.2, 0.25) is 0 Å². The predicted molar refractivity (Wildman–Crippen MR) is 63.3 cm³/mol. The highest BCUT2D eigenvalue weighted by Crippen LogP contribution is 2.42. The smallest absolute Gasteiger partial charge is 0.223 e. The molecule has 1 atom stereocenters. The summed E-state index contributed by atoms with van der Waals surface area (Å²) in [5.41, 5.74) is 2.93. The first-order valence-electron chi connectivity index (χ1n) is 5.68. The van der Waals surface area contributed by atoms with Crippen LogP contribution in [0.4, 0.5) is 0 Å². The van der Waals surface area contributed by atoms with Gasteiger partial charge in [0.25, 0.3) is 0 Å². The zero-order valence-corrected chi connectivity index (χ0v) is 10.8. The second kappa shape index (κ2) is 3.99. The average molecular weight is 209 g/mol. The summed E-state index contributed by atoms with van der Waals surface area (Å²) in [6.07, 6.45) is 2.23. The zero-order chi connectivity index (χ0) is 11.8. The fraction of sp³-hybridized carbons (Fsp3) is 0.769. The lowest BCUT2D eigenvalue weighted by molar-refractivity contribution is -0.126. The van der Waals surface area contributed by atoms with Crippen molar-refractivity contribution in [2.24, 2.45) is 11.3 Å². The van der Waals surface area contributed by atoms with Crippen LogP contribution in [0, 0.1) is 11.3 Å². The molecule has 1 rings (SSSR count). The zero-order valence-electron chi connectivity index (χ0n) is 10.8. The van der Waals surface area contributed by atoms with Gasteiger partial charge in [-0.3, -0.25) is 4.79 Å². The monoisotopic (exact) mass is 209 g/mol. The van der Waals surface area contributed by atoms with Crippen LogP contribution in [0.3, 0.4) is 0 Å². The third kappa shape index (κ3) is 2.61. The Kier molecular flexibility index (Phi) is 3.27. The van der Waals surface area contributed by atoms with Gasteiger partial charge in [-0.2, -0.15) is 0 Å². The molecule has 2 nitrogen and oxygen atoms in total. The number of hydrogen-bond acceptors (Lipinski definition) is 1. The number of carbonyl (C=O) groups is 1. The molecule has 1 amide bonds. The molecule has 2 heteroatoms. The van der Waals surface area contributed by atoms with E-state index in [1.165, 1.54) is 17.7 Å². The molecule has 0 aromatic rings. The highest BCUT2D eigenvalue weighted by atomic mass is 16.2. The second-order valence-corrected chi connectivity index (χ2v) is 5.65. The van der Waals surface area contributed by atoms with Gasteiger partial charge in [0.05, 0.1) is 0 Å². The number of nitrogens with zero attached hydrogens (tertiary/aromatic N) is 1. The maximum Gasteiger partial charge on any atom is 0.223 e. The van der Waals surface area contributed by atoms with Crippen LogP contribution in [0.15, 0.2) is 11.3 Å². The van der Waals surface area contributed by atoms with Crippen LogP contribution in [0.25, 0.3) is 0 Å². The van der Waals surface area contributed by atoms with Crippen molar-refractivity contribution in [1.29, 1.82) is 0 Å². The molecule has 0 saturated heterocycles. The summed E-state index contributed by atoms with van der Waals surface area (Å²) in [5.74, 6) is 0.722. The van der Waals surface area contributed by atoms with Gasteiger partial charge in [0, 0.05) is 19.7 Å². The highest BCUT2D eigenvalue weighted by Gasteiger charge is 2.32. The van der Waals surface area contributed by atoms with Crippen LogP contribution < -0.4 is 0 Å². The van der Waals surface area contributed by atoms with E-state index in [2.05, 4.69) is 27.7 Å². The van der Waals surface area contributed by atoms with Crippen molar-refractivity contribution in [2.75, 3.05) is 7.05 Å². The minimum atomic E-state index is 0.134. The lowest BCUT2D eigenvalue weighted by Gasteiger charge is -2.39. The first-order chi connectivity index (χ1) is 6.74. The molecule has 0 aromatic heterocycles. The third-order valence-electron chi connectivity index (χ3n) is 3.58. The van der Waals surface area contributed by atoms with Crippen molar-refractivity contribution >= 4 is 5.91 Å². The van der Waals surface area contributed by atoms with Crippen molar-refractivity contribution in [3.63, 3.8) is 0 Å². The van der Waals surface area contributed by atoms with Gasteiger partial charge in [-0.1, -0.05) is 26.3 Å². The molecule has 1 aliphatic rings. The molecule has 0 N–H and O–H groups in total. The molecule has 86 valence electrons. The van der Waals surface area contributed by atoms with Crippen molar-refractivity contribution in [3.8, 4) is 0 Å². The van der Waals surface area contributed by atoms with Gasteiger partial charge in [-0.25, -0.2) is 0 Å². The summed E-state index contributed by atoms with van der Waals surface area (Å²) < 4.78 is 0. The highest BCUT2D eigenvalue weighted by molar-refractivity contribution is 5.75. The Hall–Kier alpha value is -0.790. The number of allylic oxidation sites excluding steroid dienone is 2. The van der Waals surface area contributed by atoms with Crippen molar-refractivity contribution < 1.29 is 4.79 Å². The SMILES string of the molecule is CC(=O)N(C)C1=C(C)C(C)CC(C)(C)C1. The number of carbonyl (C=O) groups excluding carboxylic acids is 1. The minimum Gasteiger partial charge on any atom is -0.320 e. The Bertz CT molecular complexity index is 302. The van der Waals surface area contributed by atoms with E-state index in [4.69, 9.17) is 0 Å². The standard InChI is InChI=1S/C13H23NO/c1-9-7-13(4,5)8-12(10(9)2)14(6)11(3)15/h9H,7-8H2,1-6H3. The Morgan fingerprint density at radius 2 is 2.00 bits per heavy atom. The van der Waals surface area contributed by atoms with E-state index in [9.17, 15) is 4.79 Å². The molecule has 0 bridgehead atoms. The number of rotatable bonds is 1. The Morgan fingerprint density at radius 1 is 1.47 bits per heavy atom. The van der Waals surface area contributed by atoms with Crippen molar-refractivity contribution in [1.82, 2.24) is 4.90 Å². The molecule has 0 radical (unpaired) electrons. The molecular formula is C13H23NO. The van der Waals surface area contributed by atoms with Crippen molar-refractivity contribution in [3.05, 3.63) is 11.3 Å². The fourth-order valence-corrected chi connectivity index (χ4v) is 2.50. The molecule has 0 aromatic carbocycles. The minimum absolute atomic E-state index is 0.134. The Morgan fingerprint density at radius 3 is 2.47 bits per heavy atom. The second-order valence-electron chi connectivity index (χ2n) is 5.65. The molecule has 0 fully saturated rings. The summed E-state index contributed by atoms with van der Waals surface area (Å²) in [6, 6.07) is 0. The van der Waals surface area contributed by atoms with Gasteiger partial charge in [-0.15, -0.1) is 0 Å². The predicted octanol–water partition coefficient (Wildman–Crippen LogP) is 3.19. The number of hydrogen-bond donors (Lipinski definition) is 0. The van der Waals surface area contributed by atoms with Gasteiger partial charge in [0.2, 0.25) is 5.91 Å². The van der Waals surface area contributed by atoms with E-state index in [0.717, 1.165) is 6.42 Å². The average Bonchev–Trinajstić information content (AvgIpc) is 2.09. The molecule has 0 aliphatic heterocycles. The van der Waals surface area contributed by atoms with Crippen LogP contribution in [-0.2, 0) is 4.79 Å². The van der Waals surface area contributed by atoms with E-state index in [1.54, 1.807) is 6.92 Å². The van der Waals surface area contributed by atoms with E-state index < -0.39 is 0 Å². The lowest BCUT2D eigenvalue weighted by atomic mass is 9.72. The summed E-state index contributed by atoms with van der Waals surface area (Å²) in [4.78, 5) is 13.2. The van der Waals surface area contributed by atoms with E-state index >= 15 is 0 Å². The first-order valence-corrected chi connectivity index (χ1v) is 5.68. The Labute approximate surface area is 93.3 Å². The Balaban J connectivity index is 3.03. The lowest BCUT2D eigenvalue weighted by Crippen LogP contribution is -2.33. The molecular weight excluding hydrogens is 186 g/mol. The molecule has 1 aliphatic carbocycles. The summed E-state index contributed by atoms with van der Waals surface area (Å²) in [6.45, 7) is 10.6. The maximum absolute atomic E-state index is 11.4. The van der Waals surface area contributed by atoms with Crippen LogP contribution in [0.5, 0.6) is 0 Å². The summed E-state index contributed by atoms with van der Waals surface area (Å²) >= 11 is 0. The maximum atomic E-state index is 11.4. The van der Waals surface area contributed by atoms with Gasteiger partial charge in [-0.05, 0) is 31.1 Å². The third-order valence-corrected chi connectivity index (χ3v) is 3.58. The van der Waals surface area contributed by atoms with Gasteiger partial charge in [0.1, 0.15) is 0 Å². The molecule has 15 heavy (non-hydrogen) atoms. The number of amides is 1. The topological polar surface area (TPSA) is 20.3 Å². The summed E-state index contributed by atoms with van der Waals surface area (Å²) in [5, 5.41) is 0. The molecule has 0 spiro atoms. The summed E-state index contributed by atoms with van der Waals surface area (Å²) in [7, 11) is 1.88. The van der Waals surface area contributed by atoms with E-state index in [0.29, 0.717) is 11.3 Å². The van der Waals surface area contributed by atoms with Crippen molar-refractivity contribution in [2.45, 2.75) is 47.5 Å². The van der Waals surface area contributed by atoms with Crippen LogP contribution in [0.1, 0.15) is 47.5 Å². The largest absolute Gasteiger partial charge is 0.320 e. The van der Waals surface area contributed by atoms with E-state index in [1.807, 2.05) is 11.9 Å². The van der Waals surface area contributed by atoms with Crippen LogP contribution in [-0.4, -0.2) is 17.9 Å². The first kappa shape index (κ1) is 12.3. The van der Waals surface area contributed by atoms with Crippen LogP contribution >= 0.6 is 0 Å². The quantitative estimate of drug-likeness (QED) is 0.649. The van der Waals surface area contributed by atoms with Gasteiger partial charge >= 0.3 is 0 Å². The normalized spacial score (nSPS) is 25.3. The fourth-order valence-electron chi connectivity index (χ4n) is 2.50. The van der Waals surface area contributed by atoms with E-state index in [-0.39, 0.29) is 5.91 Å². The van der Waals surface area contributed by atoms with Gasteiger partial charge < -0.3 is 4.90 Å². The van der Waals surface area contributed by atoms with Gasteiger partial charge in [0.15, 0.2) is 0 Å². The molecule has 1 unspecified atom stereocenters.